The summed E-state index contributed by atoms with van der Waals surface area (Å²) in [6, 6.07) is 0. The molecular formula is C8H11NO. The number of hydrogen-bond acceptors (Lipinski definition) is 2. The normalized spacial score (nSPS) is 43.3. The molecule has 2 bridgehead atoms. The predicted octanol–water partition coefficient (Wildman–Crippen LogP) is 1.67. The highest BCUT2D eigenvalue weighted by Gasteiger charge is 2.40. The average Bonchev–Trinajstić information content (AvgIpc) is 2.48. The first kappa shape index (κ1) is 6.03. The molecule has 54 valence electrons. The third-order valence-corrected chi connectivity index (χ3v) is 2.88. The Morgan fingerprint density at radius 3 is 2.70 bits per heavy atom. The van der Waals surface area contributed by atoms with E-state index in [9.17, 15) is 0 Å². The fourth-order valence-electron chi connectivity index (χ4n) is 2.40. The lowest BCUT2D eigenvalue weighted by atomic mass is 9.98. The Labute approximate surface area is 60.8 Å². The molecule has 2 aliphatic rings. The molecule has 0 amide bonds. The van der Waals surface area contributed by atoms with Gasteiger partial charge in [-0.05, 0) is 37.5 Å². The molecule has 2 heteroatoms. The molecule has 2 saturated carbocycles. The van der Waals surface area contributed by atoms with Crippen LogP contribution in [-0.2, 0) is 4.74 Å². The number of nitrogens with zero attached hydrogens (tertiary/aromatic N) is 1. The first-order valence-corrected chi connectivity index (χ1v) is 3.95. The van der Waals surface area contributed by atoms with E-state index in [0.29, 0.717) is 5.92 Å². The molecular weight excluding hydrogens is 126 g/mol. The zero-order valence-electron chi connectivity index (χ0n) is 5.92. The highest BCUT2D eigenvalue weighted by atomic mass is 16.5. The monoisotopic (exact) mass is 137 g/mol. The van der Waals surface area contributed by atoms with Crippen molar-refractivity contribution in [2.24, 2.45) is 11.8 Å². The van der Waals surface area contributed by atoms with E-state index in [4.69, 9.17) is 10.00 Å². The number of rotatable bonds is 1. The topological polar surface area (TPSA) is 33.0 Å². The van der Waals surface area contributed by atoms with Gasteiger partial charge < -0.3 is 4.74 Å². The molecule has 0 spiro atoms. The van der Waals surface area contributed by atoms with Crippen molar-refractivity contribution < 1.29 is 4.74 Å². The molecule has 0 heterocycles. The molecule has 0 saturated heterocycles. The highest BCUT2D eigenvalue weighted by molar-refractivity contribution is 4.91. The second-order valence-corrected chi connectivity index (χ2v) is 3.42. The standard InChI is InChI=1S/C8H11NO/c9-5-10-8-4-6-1-2-7(8)3-6/h6-8H,1-4H2. The first-order valence-electron chi connectivity index (χ1n) is 3.95. The molecule has 2 fully saturated rings. The van der Waals surface area contributed by atoms with Gasteiger partial charge >= 0.3 is 0 Å². The van der Waals surface area contributed by atoms with Crippen molar-refractivity contribution in [1.29, 1.82) is 5.26 Å². The second-order valence-electron chi connectivity index (χ2n) is 3.42. The van der Waals surface area contributed by atoms with Crippen molar-refractivity contribution in [2.75, 3.05) is 0 Å². The van der Waals surface area contributed by atoms with Crippen LogP contribution in [0.2, 0.25) is 0 Å². The summed E-state index contributed by atoms with van der Waals surface area (Å²) in [5, 5.41) is 8.28. The van der Waals surface area contributed by atoms with Gasteiger partial charge in [-0.25, -0.2) is 0 Å². The summed E-state index contributed by atoms with van der Waals surface area (Å²) >= 11 is 0. The first-order chi connectivity index (χ1) is 4.90. The van der Waals surface area contributed by atoms with Crippen molar-refractivity contribution >= 4 is 0 Å². The Hall–Kier alpha value is -0.710. The van der Waals surface area contributed by atoms with Crippen LogP contribution >= 0.6 is 0 Å². The zero-order valence-corrected chi connectivity index (χ0v) is 5.92. The summed E-state index contributed by atoms with van der Waals surface area (Å²) in [5.74, 6) is 1.59. The minimum absolute atomic E-state index is 0.281. The lowest BCUT2D eigenvalue weighted by Gasteiger charge is -2.17. The van der Waals surface area contributed by atoms with Crippen molar-refractivity contribution in [3.05, 3.63) is 0 Å². The van der Waals surface area contributed by atoms with Crippen molar-refractivity contribution in [1.82, 2.24) is 0 Å². The maximum Gasteiger partial charge on any atom is 0.286 e. The van der Waals surface area contributed by atoms with Crippen LogP contribution < -0.4 is 0 Å². The Morgan fingerprint density at radius 2 is 2.20 bits per heavy atom. The Kier molecular flexibility index (Phi) is 1.30. The van der Waals surface area contributed by atoms with Gasteiger partial charge in [-0.3, -0.25) is 0 Å². The van der Waals surface area contributed by atoms with Gasteiger partial charge in [-0.15, -0.1) is 0 Å². The second kappa shape index (κ2) is 2.16. The third-order valence-electron chi connectivity index (χ3n) is 2.88. The van der Waals surface area contributed by atoms with E-state index in [0.717, 1.165) is 12.3 Å². The quantitative estimate of drug-likeness (QED) is 0.515. The molecule has 3 unspecified atom stereocenters. The Morgan fingerprint density at radius 1 is 1.30 bits per heavy atom. The molecule has 0 aliphatic heterocycles. The molecule has 0 radical (unpaired) electrons. The van der Waals surface area contributed by atoms with Crippen LogP contribution in [0.3, 0.4) is 0 Å². The number of fused-ring (bicyclic) bond motifs is 2. The van der Waals surface area contributed by atoms with Gasteiger partial charge in [0.1, 0.15) is 6.10 Å². The number of hydrogen-bond donors (Lipinski definition) is 0. The van der Waals surface area contributed by atoms with E-state index in [1.807, 2.05) is 0 Å². The molecule has 0 aromatic heterocycles. The minimum Gasteiger partial charge on any atom is -0.424 e. The summed E-state index contributed by atoms with van der Waals surface area (Å²) in [6.45, 7) is 0. The highest BCUT2D eigenvalue weighted by Crippen LogP contribution is 2.45. The average molecular weight is 137 g/mol. The molecule has 2 rings (SSSR count). The molecule has 0 aromatic carbocycles. The zero-order chi connectivity index (χ0) is 6.97. The van der Waals surface area contributed by atoms with Crippen molar-refractivity contribution in [3.63, 3.8) is 0 Å². The van der Waals surface area contributed by atoms with Gasteiger partial charge in [-0.2, -0.15) is 5.26 Å². The van der Waals surface area contributed by atoms with Gasteiger partial charge in [0.15, 0.2) is 0 Å². The SMILES string of the molecule is N#COC1CC2CCC1C2. The van der Waals surface area contributed by atoms with Crippen LogP contribution in [0.25, 0.3) is 0 Å². The Balaban J connectivity index is 1.97. The maximum atomic E-state index is 8.28. The van der Waals surface area contributed by atoms with E-state index < -0.39 is 0 Å². The van der Waals surface area contributed by atoms with Crippen LogP contribution in [0, 0.1) is 23.4 Å². The molecule has 2 aliphatic carbocycles. The largest absolute Gasteiger partial charge is 0.424 e. The summed E-state index contributed by atoms with van der Waals surface area (Å²) in [5.41, 5.74) is 0. The lowest BCUT2D eigenvalue weighted by molar-refractivity contribution is 0.105. The summed E-state index contributed by atoms with van der Waals surface area (Å²) < 4.78 is 4.94. The van der Waals surface area contributed by atoms with Crippen LogP contribution in [0.15, 0.2) is 0 Å². The number of ether oxygens (including phenoxy) is 1. The summed E-state index contributed by atoms with van der Waals surface area (Å²) in [7, 11) is 0. The van der Waals surface area contributed by atoms with E-state index in [-0.39, 0.29) is 6.10 Å². The number of nitriles is 1. The van der Waals surface area contributed by atoms with Gasteiger partial charge in [0.05, 0.1) is 0 Å². The molecule has 2 nitrogen and oxygen atoms in total. The van der Waals surface area contributed by atoms with Gasteiger partial charge in [0.2, 0.25) is 0 Å². The lowest BCUT2D eigenvalue weighted by Crippen LogP contribution is -2.17. The fourth-order valence-corrected chi connectivity index (χ4v) is 2.40. The van der Waals surface area contributed by atoms with Crippen molar-refractivity contribution in [2.45, 2.75) is 31.8 Å². The van der Waals surface area contributed by atoms with E-state index in [1.54, 1.807) is 6.26 Å². The molecule has 0 aromatic rings. The van der Waals surface area contributed by atoms with E-state index >= 15 is 0 Å². The van der Waals surface area contributed by atoms with Crippen molar-refractivity contribution in [3.8, 4) is 6.26 Å². The van der Waals surface area contributed by atoms with Gasteiger partial charge in [0.25, 0.3) is 6.26 Å². The van der Waals surface area contributed by atoms with Crippen LogP contribution in [0.1, 0.15) is 25.7 Å². The maximum absolute atomic E-state index is 8.28. The van der Waals surface area contributed by atoms with Crippen LogP contribution in [0.4, 0.5) is 0 Å². The molecule has 3 atom stereocenters. The summed E-state index contributed by atoms with van der Waals surface area (Å²) in [6.07, 6.45) is 7.18. The molecule has 0 N–H and O–H groups in total. The van der Waals surface area contributed by atoms with Crippen LogP contribution in [0.5, 0.6) is 0 Å². The predicted molar refractivity (Wildman–Crippen MR) is 35.9 cm³/mol. The summed E-state index contributed by atoms with van der Waals surface area (Å²) in [4.78, 5) is 0. The van der Waals surface area contributed by atoms with E-state index in [1.165, 1.54) is 19.3 Å². The van der Waals surface area contributed by atoms with Gasteiger partial charge in [0, 0.05) is 0 Å². The smallest absolute Gasteiger partial charge is 0.286 e. The Bertz CT molecular complexity index is 173. The fraction of sp³-hybridized carbons (Fsp3) is 0.875. The third kappa shape index (κ3) is 0.775. The minimum atomic E-state index is 0.281. The van der Waals surface area contributed by atoms with Crippen LogP contribution in [-0.4, -0.2) is 6.10 Å². The van der Waals surface area contributed by atoms with Gasteiger partial charge in [-0.1, -0.05) is 0 Å². The molecule has 10 heavy (non-hydrogen) atoms. The van der Waals surface area contributed by atoms with E-state index in [2.05, 4.69) is 0 Å².